The summed E-state index contributed by atoms with van der Waals surface area (Å²) in [6.07, 6.45) is -3.64. The van der Waals surface area contributed by atoms with Crippen LogP contribution in [0, 0.1) is 0 Å². The molecule has 0 spiro atoms. The van der Waals surface area contributed by atoms with Gasteiger partial charge in [0.25, 0.3) is 0 Å². The minimum Gasteiger partial charge on any atom is -0.508 e. The summed E-state index contributed by atoms with van der Waals surface area (Å²) in [5, 5.41) is 12.4. The third-order valence-electron chi connectivity index (χ3n) is 1.66. The van der Waals surface area contributed by atoms with Crippen molar-refractivity contribution in [2.45, 2.75) is 6.18 Å². The van der Waals surface area contributed by atoms with Crippen molar-refractivity contribution >= 4 is 12.2 Å². The number of hydrogen-bond acceptors (Lipinski definition) is 3. The van der Waals surface area contributed by atoms with Crippen molar-refractivity contribution in [2.24, 2.45) is 10.8 Å². The lowest BCUT2D eigenvalue weighted by Gasteiger charge is -2.07. The van der Waals surface area contributed by atoms with Gasteiger partial charge in [0, 0.05) is 0 Å². The lowest BCUT2D eigenvalue weighted by atomic mass is 10.1. The third-order valence-corrected chi connectivity index (χ3v) is 1.66. The predicted octanol–water partition coefficient (Wildman–Crippen LogP) is 1.41. The maximum Gasteiger partial charge on any atom is 0.416 e. The Kier molecular flexibility index (Phi) is 3.56. The number of primary amides is 1. The zero-order chi connectivity index (χ0) is 13.1. The third kappa shape index (κ3) is 4.01. The molecule has 8 heteroatoms. The quantitative estimate of drug-likeness (QED) is 0.545. The van der Waals surface area contributed by atoms with E-state index in [-0.39, 0.29) is 5.56 Å². The molecule has 1 rings (SSSR count). The fourth-order valence-electron chi connectivity index (χ4n) is 1.04. The maximum atomic E-state index is 12.4. The van der Waals surface area contributed by atoms with Gasteiger partial charge in [-0.1, -0.05) is 0 Å². The van der Waals surface area contributed by atoms with Gasteiger partial charge in [0.05, 0.1) is 11.8 Å². The van der Waals surface area contributed by atoms with Crippen LogP contribution in [0.5, 0.6) is 5.75 Å². The van der Waals surface area contributed by atoms with Gasteiger partial charge in [-0.25, -0.2) is 10.2 Å². The standard InChI is InChI=1S/C9H8F3N3O2/c10-9(11,12)6-1-5(2-7(16)3-6)4-14-15-8(13)17/h1-4,16H,(H3,13,15,17). The smallest absolute Gasteiger partial charge is 0.416 e. The minimum atomic E-state index is -4.57. The molecular weight excluding hydrogens is 239 g/mol. The first-order valence-electron chi connectivity index (χ1n) is 4.29. The van der Waals surface area contributed by atoms with Crippen molar-refractivity contribution in [1.82, 2.24) is 5.43 Å². The molecule has 0 atom stereocenters. The number of urea groups is 1. The number of phenolic OH excluding ortho intramolecular Hbond substituents is 1. The number of carbonyl (C=O) groups is 1. The predicted molar refractivity (Wildman–Crippen MR) is 53.4 cm³/mol. The molecule has 0 aliphatic heterocycles. The molecule has 5 nitrogen and oxygen atoms in total. The van der Waals surface area contributed by atoms with Crippen LogP contribution in [0.15, 0.2) is 23.3 Å². The van der Waals surface area contributed by atoms with Gasteiger partial charge >= 0.3 is 12.2 Å². The van der Waals surface area contributed by atoms with Crippen molar-refractivity contribution in [1.29, 1.82) is 0 Å². The van der Waals surface area contributed by atoms with Crippen molar-refractivity contribution in [2.75, 3.05) is 0 Å². The number of alkyl halides is 3. The number of benzene rings is 1. The van der Waals surface area contributed by atoms with E-state index in [1.807, 2.05) is 5.43 Å². The number of hydrogen-bond donors (Lipinski definition) is 3. The van der Waals surface area contributed by atoms with E-state index in [0.29, 0.717) is 6.07 Å². The van der Waals surface area contributed by atoms with Crippen molar-refractivity contribution in [3.8, 4) is 5.75 Å². The number of halogens is 3. The Morgan fingerprint density at radius 1 is 1.41 bits per heavy atom. The molecule has 0 unspecified atom stereocenters. The van der Waals surface area contributed by atoms with Crippen LogP contribution in [0.1, 0.15) is 11.1 Å². The van der Waals surface area contributed by atoms with E-state index in [1.54, 1.807) is 0 Å². The summed E-state index contributed by atoms with van der Waals surface area (Å²) in [6, 6.07) is 1.46. The lowest BCUT2D eigenvalue weighted by molar-refractivity contribution is -0.137. The number of nitrogens with two attached hydrogens (primary N) is 1. The summed E-state index contributed by atoms with van der Waals surface area (Å²) >= 11 is 0. The molecule has 0 bridgehead atoms. The van der Waals surface area contributed by atoms with E-state index in [2.05, 4.69) is 5.10 Å². The van der Waals surface area contributed by atoms with E-state index in [0.717, 1.165) is 18.3 Å². The van der Waals surface area contributed by atoms with Gasteiger partial charge in [0.2, 0.25) is 0 Å². The first-order chi connectivity index (χ1) is 7.79. The monoisotopic (exact) mass is 247 g/mol. The molecule has 92 valence electrons. The Hall–Kier alpha value is -2.25. The van der Waals surface area contributed by atoms with E-state index < -0.39 is 23.5 Å². The van der Waals surface area contributed by atoms with Crippen molar-refractivity contribution in [3.05, 3.63) is 29.3 Å². The van der Waals surface area contributed by atoms with Crippen LogP contribution in [0.2, 0.25) is 0 Å². The van der Waals surface area contributed by atoms with Crippen LogP contribution in [0.25, 0.3) is 0 Å². The number of aromatic hydroxyl groups is 1. The molecule has 0 heterocycles. The zero-order valence-electron chi connectivity index (χ0n) is 8.32. The molecule has 1 aromatic carbocycles. The van der Waals surface area contributed by atoms with E-state index in [1.165, 1.54) is 0 Å². The molecule has 17 heavy (non-hydrogen) atoms. The van der Waals surface area contributed by atoms with Gasteiger partial charge in [0.1, 0.15) is 5.75 Å². The molecule has 0 saturated carbocycles. The average molecular weight is 247 g/mol. The number of carbonyl (C=O) groups excluding carboxylic acids is 1. The Morgan fingerprint density at radius 3 is 2.59 bits per heavy atom. The fraction of sp³-hybridized carbons (Fsp3) is 0.111. The number of nitrogens with one attached hydrogen (secondary N) is 1. The van der Waals surface area contributed by atoms with E-state index >= 15 is 0 Å². The van der Waals surface area contributed by atoms with Crippen LogP contribution in [0.4, 0.5) is 18.0 Å². The highest BCUT2D eigenvalue weighted by Gasteiger charge is 2.31. The molecule has 0 radical (unpaired) electrons. The Morgan fingerprint density at radius 2 is 2.06 bits per heavy atom. The highest BCUT2D eigenvalue weighted by molar-refractivity contribution is 5.82. The average Bonchev–Trinajstić information content (AvgIpc) is 2.14. The van der Waals surface area contributed by atoms with Crippen LogP contribution < -0.4 is 11.2 Å². The number of hydrazone groups is 1. The minimum absolute atomic E-state index is 0.0222. The van der Waals surface area contributed by atoms with Crippen LogP contribution in [0.3, 0.4) is 0 Å². The molecule has 0 aromatic heterocycles. The maximum absolute atomic E-state index is 12.4. The van der Waals surface area contributed by atoms with Gasteiger partial charge in [0.15, 0.2) is 0 Å². The first kappa shape index (κ1) is 12.8. The summed E-state index contributed by atoms with van der Waals surface area (Å²) in [7, 11) is 0. The van der Waals surface area contributed by atoms with Crippen LogP contribution >= 0.6 is 0 Å². The molecule has 1 aromatic rings. The van der Waals surface area contributed by atoms with Gasteiger partial charge in [-0.3, -0.25) is 0 Å². The molecule has 0 saturated heterocycles. The SMILES string of the molecule is NC(=O)NN=Cc1cc(O)cc(C(F)(F)F)c1. The number of rotatable bonds is 2. The molecule has 0 aliphatic carbocycles. The highest BCUT2D eigenvalue weighted by atomic mass is 19.4. The summed E-state index contributed by atoms with van der Waals surface area (Å²) < 4.78 is 37.1. The Bertz CT molecular complexity index is 457. The summed E-state index contributed by atoms with van der Waals surface area (Å²) in [5.74, 6) is -0.555. The Labute approximate surface area is 93.7 Å². The largest absolute Gasteiger partial charge is 0.508 e. The lowest BCUT2D eigenvalue weighted by Crippen LogP contribution is -2.24. The number of nitrogens with zero attached hydrogens (tertiary/aromatic N) is 1. The second kappa shape index (κ2) is 4.73. The zero-order valence-corrected chi connectivity index (χ0v) is 8.32. The Balaban J connectivity index is 2.98. The van der Waals surface area contributed by atoms with Crippen LogP contribution in [-0.4, -0.2) is 17.4 Å². The highest BCUT2D eigenvalue weighted by Crippen LogP contribution is 2.31. The first-order valence-corrected chi connectivity index (χ1v) is 4.29. The second-order valence-electron chi connectivity index (χ2n) is 3.05. The molecule has 2 amide bonds. The number of amides is 2. The second-order valence-corrected chi connectivity index (χ2v) is 3.05. The molecular formula is C9H8F3N3O2. The molecule has 4 N–H and O–H groups in total. The summed E-state index contributed by atoms with van der Waals surface area (Å²) in [6.45, 7) is 0. The molecule has 0 aliphatic rings. The van der Waals surface area contributed by atoms with Gasteiger partial charge in [-0.05, 0) is 23.8 Å². The van der Waals surface area contributed by atoms with Gasteiger partial charge in [-0.2, -0.15) is 18.3 Å². The topological polar surface area (TPSA) is 87.7 Å². The van der Waals surface area contributed by atoms with Gasteiger partial charge in [-0.15, -0.1) is 0 Å². The fourth-order valence-corrected chi connectivity index (χ4v) is 1.04. The summed E-state index contributed by atoms with van der Waals surface area (Å²) in [4.78, 5) is 10.3. The normalized spacial score (nSPS) is 11.7. The van der Waals surface area contributed by atoms with Gasteiger partial charge < -0.3 is 10.8 Å². The van der Waals surface area contributed by atoms with Crippen molar-refractivity contribution < 1.29 is 23.1 Å². The number of phenols is 1. The van der Waals surface area contributed by atoms with Crippen molar-refractivity contribution in [3.63, 3.8) is 0 Å². The molecule has 0 fully saturated rings. The summed E-state index contributed by atoms with van der Waals surface area (Å²) in [5.41, 5.74) is 5.47. The van der Waals surface area contributed by atoms with E-state index in [4.69, 9.17) is 10.8 Å². The van der Waals surface area contributed by atoms with Crippen LogP contribution in [-0.2, 0) is 6.18 Å². The van der Waals surface area contributed by atoms with E-state index in [9.17, 15) is 18.0 Å².